The van der Waals surface area contributed by atoms with Gasteiger partial charge in [0.1, 0.15) is 12.2 Å². The van der Waals surface area contributed by atoms with E-state index in [0.717, 1.165) is 25.4 Å². The number of aromatic nitrogens is 3. The summed E-state index contributed by atoms with van der Waals surface area (Å²) in [4.78, 5) is 2.43. The lowest BCUT2D eigenvalue weighted by Crippen LogP contribution is -2.48. The van der Waals surface area contributed by atoms with Crippen LogP contribution >= 0.6 is 0 Å². The smallest absolute Gasteiger partial charge is 0.125 e. The molecule has 6 nitrogen and oxygen atoms in total. The van der Waals surface area contributed by atoms with Crippen LogP contribution in [0.15, 0.2) is 6.20 Å². The van der Waals surface area contributed by atoms with Gasteiger partial charge in [0.05, 0.1) is 18.5 Å². The molecule has 0 saturated carbocycles. The van der Waals surface area contributed by atoms with Crippen molar-refractivity contribution in [1.82, 2.24) is 19.9 Å². The summed E-state index contributed by atoms with van der Waals surface area (Å²) >= 11 is 0. The number of fused-ring (bicyclic) bond motifs is 1. The zero-order chi connectivity index (χ0) is 12.5. The molecule has 3 unspecified atom stereocenters. The van der Waals surface area contributed by atoms with Crippen LogP contribution < -0.4 is 0 Å². The molecule has 2 fully saturated rings. The summed E-state index contributed by atoms with van der Waals surface area (Å²) in [5, 5.41) is 18.2. The van der Waals surface area contributed by atoms with Crippen molar-refractivity contribution in [2.45, 2.75) is 44.6 Å². The number of morpholine rings is 1. The highest BCUT2D eigenvalue weighted by molar-refractivity contribution is 5.03. The molecular weight excluding hydrogens is 232 g/mol. The highest BCUT2D eigenvalue weighted by Crippen LogP contribution is 2.28. The molecule has 1 N–H and O–H groups in total. The lowest BCUT2D eigenvalue weighted by molar-refractivity contribution is -0.105. The van der Waals surface area contributed by atoms with Crippen LogP contribution in [0.3, 0.4) is 0 Å². The number of aliphatic hydroxyl groups is 1. The van der Waals surface area contributed by atoms with Crippen molar-refractivity contribution in [3.8, 4) is 0 Å². The van der Waals surface area contributed by atoms with E-state index in [9.17, 15) is 5.11 Å². The summed E-state index contributed by atoms with van der Waals surface area (Å²) in [6, 6.07) is 0.558. The molecule has 0 aliphatic carbocycles. The third kappa shape index (κ3) is 2.04. The molecular formula is C12H20N4O2. The van der Waals surface area contributed by atoms with Crippen LogP contribution in [0, 0.1) is 0 Å². The lowest BCUT2D eigenvalue weighted by Gasteiger charge is -2.37. The van der Waals surface area contributed by atoms with Gasteiger partial charge < -0.3 is 9.84 Å². The van der Waals surface area contributed by atoms with Gasteiger partial charge in [0.2, 0.25) is 0 Å². The van der Waals surface area contributed by atoms with Crippen LogP contribution in [0.4, 0.5) is 0 Å². The van der Waals surface area contributed by atoms with Crippen LogP contribution in [-0.4, -0.2) is 56.8 Å². The quantitative estimate of drug-likeness (QED) is 0.832. The van der Waals surface area contributed by atoms with Crippen molar-refractivity contribution in [2.24, 2.45) is 0 Å². The monoisotopic (exact) mass is 252 g/mol. The van der Waals surface area contributed by atoms with Crippen LogP contribution in [0.25, 0.3) is 0 Å². The maximum absolute atomic E-state index is 10.4. The van der Waals surface area contributed by atoms with E-state index in [-0.39, 0.29) is 6.10 Å². The molecule has 1 aromatic heterocycles. The maximum atomic E-state index is 10.4. The van der Waals surface area contributed by atoms with Crippen molar-refractivity contribution in [3.05, 3.63) is 11.9 Å². The van der Waals surface area contributed by atoms with E-state index >= 15 is 0 Å². The minimum Gasteiger partial charge on any atom is -0.384 e. The minimum atomic E-state index is -0.638. The van der Waals surface area contributed by atoms with Crippen molar-refractivity contribution in [1.29, 1.82) is 0 Å². The molecule has 100 valence electrons. The van der Waals surface area contributed by atoms with Gasteiger partial charge in [0.15, 0.2) is 0 Å². The number of hydrogen-bond acceptors (Lipinski definition) is 5. The highest BCUT2D eigenvalue weighted by Gasteiger charge is 2.36. The van der Waals surface area contributed by atoms with Gasteiger partial charge in [-0.1, -0.05) is 5.21 Å². The maximum Gasteiger partial charge on any atom is 0.125 e. The molecule has 0 spiro atoms. The Hall–Kier alpha value is -0.980. The average Bonchev–Trinajstić information content (AvgIpc) is 3.05. The number of aliphatic hydroxyl groups excluding tert-OH is 1. The Kier molecular flexibility index (Phi) is 3.32. The number of ether oxygens (including phenoxy) is 1. The Morgan fingerprint density at radius 2 is 2.50 bits per heavy atom. The van der Waals surface area contributed by atoms with E-state index in [0.29, 0.717) is 12.6 Å². The number of hydrogen-bond donors (Lipinski definition) is 1. The predicted molar refractivity (Wildman–Crippen MR) is 65.0 cm³/mol. The third-order valence-corrected chi connectivity index (χ3v) is 4.02. The van der Waals surface area contributed by atoms with Gasteiger partial charge in [0, 0.05) is 19.1 Å². The first-order chi connectivity index (χ1) is 8.79. The van der Waals surface area contributed by atoms with Crippen LogP contribution in [0.2, 0.25) is 0 Å². The molecule has 3 heterocycles. The molecule has 2 aliphatic rings. The van der Waals surface area contributed by atoms with E-state index in [4.69, 9.17) is 4.74 Å². The minimum absolute atomic E-state index is 0.164. The molecule has 0 aromatic carbocycles. The zero-order valence-corrected chi connectivity index (χ0v) is 10.7. The van der Waals surface area contributed by atoms with E-state index in [1.807, 2.05) is 6.92 Å². The standard InChI is InChI=1S/C12H20N4O2/c1-2-16-10(6-13-14-16)12(17)11-7-15-5-3-4-9(15)8-18-11/h6,9,11-12,17H,2-5,7-8H2,1H3. The Morgan fingerprint density at radius 1 is 1.61 bits per heavy atom. The van der Waals surface area contributed by atoms with Gasteiger partial charge >= 0.3 is 0 Å². The molecule has 18 heavy (non-hydrogen) atoms. The largest absolute Gasteiger partial charge is 0.384 e. The lowest BCUT2D eigenvalue weighted by atomic mass is 10.1. The van der Waals surface area contributed by atoms with Gasteiger partial charge in [-0.05, 0) is 26.3 Å². The van der Waals surface area contributed by atoms with Crippen molar-refractivity contribution < 1.29 is 9.84 Å². The molecule has 2 aliphatic heterocycles. The molecule has 0 radical (unpaired) electrons. The Balaban J connectivity index is 1.71. The molecule has 2 saturated heterocycles. The van der Waals surface area contributed by atoms with Gasteiger partial charge in [-0.2, -0.15) is 0 Å². The topological polar surface area (TPSA) is 63.4 Å². The molecule has 3 rings (SSSR count). The van der Waals surface area contributed by atoms with Gasteiger partial charge in [-0.3, -0.25) is 4.90 Å². The fourth-order valence-electron chi connectivity index (χ4n) is 2.96. The first kappa shape index (κ1) is 12.1. The molecule has 6 heteroatoms. The zero-order valence-electron chi connectivity index (χ0n) is 10.7. The fraction of sp³-hybridized carbons (Fsp3) is 0.833. The van der Waals surface area contributed by atoms with E-state index in [1.54, 1.807) is 10.9 Å². The Morgan fingerprint density at radius 3 is 3.33 bits per heavy atom. The number of aryl methyl sites for hydroxylation is 1. The summed E-state index contributed by atoms with van der Waals surface area (Å²) in [6.45, 7) is 5.37. The van der Waals surface area contributed by atoms with Gasteiger partial charge in [0.25, 0.3) is 0 Å². The molecule has 3 atom stereocenters. The molecule has 1 aromatic rings. The predicted octanol–water partition coefficient (Wildman–Crippen LogP) is 0.195. The molecule has 0 amide bonds. The van der Waals surface area contributed by atoms with E-state index in [1.165, 1.54) is 12.8 Å². The SMILES string of the molecule is CCn1nncc1C(O)C1CN2CCCC2CO1. The number of nitrogens with zero attached hydrogens (tertiary/aromatic N) is 4. The summed E-state index contributed by atoms with van der Waals surface area (Å²) in [6.07, 6.45) is 3.29. The van der Waals surface area contributed by atoms with Crippen molar-refractivity contribution in [3.63, 3.8) is 0 Å². The second-order valence-corrected chi connectivity index (χ2v) is 5.08. The third-order valence-electron chi connectivity index (χ3n) is 4.02. The highest BCUT2D eigenvalue weighted by atomic mass is 16.5. The summed E-state index contributed by atoms with van der Waals surface area (Å²) in [5.41, 5.74) is 0.750. The van der Waals surface area contributed by atoms with Crippen LogP contribution in [0.5, 0.6) is 0 Å². The van der Waals surface area contributed by atoms with Gasteiger partial charge in [-0.15, -0.1) is 5.10 Å². The normalized spacial score (nSPS) is 30.3. The first-order valence-electron chi connectivity index (χ1n) is 6.71. The second kappa shape index (κ2) is 4.95. The Bertz CT molecular complexity index is 409. The number of rotatable bonds is 3. The summed E-state index contributed by atoms with van der Waals surface area (Å²) in [5.74, 6) is 0. The van der Waals surface area contributed by atoms with Gasteiger partial charge in [-0.25, -0.2) is 4.68 Å². The average molecular weight is 252 g/mol. The fourth-order valence-corrected chi connectivity index (χ4v) is 2.96. The second-order valence-electron chi connectivity index (χ2n) is 5.08. The van der Waals surface area contributed by atoms with Crippen molar-refractivity contribution in [2.75, 3.05) is 19.7 Å². The van der Waals surface area contributed by atoms with Crippen molar-refractivity contribution >= 4 is 0 Å². The first-order valence-corrected chi connectivity index (χ1v) is 6.71. The summed E-state index contributed by atoms with van der Waals surface area (Å²) < 4.78 is 7.54. The van der Waals surface area contributed by atoms with Crippen LogP contribution in [0.1, 0.15) is 31.6 Å². The van der Waals surface area contributed by atoms with E-state index in [2.05, 4.69) is 15.2 Å². The van der Waals surface area contributed by atoms with E-state index < -0.39 is 6.10 Å². The molecule has 0 bridgehead atoms. The van der Waals surface area contributed by atoms with Crippen LogP contribution in [-0.2, 0) is 11.3 Å². The Labute approximate surface area is 107 Å². The summed E-state index contributed by atoms with van der Waals surface area (Å²) in [7, 11) is 0.